The van der Waals surface area contributed by atoms with Gasteiger partial charge in [0.1, 0.15) is 5.82 Å². The molecule has 1 aromatic carbocycles. The molecule has 2 N–H and O–H groups in total. The van der Waals surface area contributed by atoms with E-state index in [1.54, 1.807) is 0 Å². The first kappa shape index (κ1) is 16.8. The molecule has 0 aliphatic rings. The first-order valence-corrected chi connectivity index (χ1v) is 7.69. The van der Waals surface area contributed by atoms with Crippen LogP contribution in [0.1, 0.15) is 20.3 Å². The van der Waals surface area contributed by atoms with Gasteiger partial charge in [0, 0.05) is 18.7 Å². The minimum Gasteiger partial charge on any atom is -0.315 e. The molecule has 1 aromatic rings. The van der Waals surface area contributed by atoms with Gasteiger partial charge in [0.2, 0.25) is 10.0 Å². The molecule has 0 aliphatic carbocycles. The van der Waals surface area contributed by atoms with Gasteiger partial charge >= 0.3 is 0 Å². The lowest BCUT2D eigenvalue weighted by molar-refractivity contribution is 0.496. The van der Waals surface area contributed by atoms with Crippen LogP contribution in [0.3, 0.4) is 0 Å². The van der Waals surface area contributed by atoms with Crippen molar-refractivity contribution in [3.8, 4) is 0 Å². The van der Waals surface area contributed by atoms with E-state index in [0.29, 0.717) is 18.7 Å². The molecule has 1 unspecified atom stereocenters. The minimum absolute atomic E-state index is 0.175. The minimum atomic E-state index is -3.89. The Hall–Kier alpha value is -1.28. The maximum atomic E-state index is 13.4. The molecule has 0 amide bonds. The van der Waals surface area contributed by atoms with Gasteiger partial charge in [-0.15, -0.1) is 0 Å². The van der Waals surface area contributed by atoms with Crippen LogP contribution in [0.2, 0.25) is 0 Å². The monoisotopic (exact) mass is 310 g/mol. The Morgan fingerprint density at radius 2 is 1.75 bits per heavy atom. The molecule has 0 heterocycles. The van der Waals surface area contributed by atoms with Crippen LogP contribution >= 0.6 is 0 Å². The molecule has 0 saturated carbocycles. The third-order valence-electron chi connectivity index (χ3n) is 2.65. The molecule has 0 aliphatic heterocycles. The Labute approximate surface area is 116 Å². The molecular weight excluding hydrogens is 293 g/mol. The van der Waals surface area contributed by atoms with Crippen LogP contribution < -0.4 is 10.0 Å². The average molecular weight is 310 g/mol. The first-order valence-electron chi connectivity index (χ1n) is 6.14. The van der Waals surface area contributed by atoms with E-state index in [9.17, 15) is 21.6 Å². The average Bonchev–Trinajstić information content (AvgIpc) is 2.35. The summed E-state index contributed by atoms with van der Waals surface area (Å²) in [7, 11) is -3.89. The van der Waals surface area contributed by atoms with Crippen LogP contribution in [0.5, 0.6) is 0 Å². The highest BCUT2D eigenvalue weighted by atomic mass is 32.2. The Morgan fingerprint density at radius 3 is 2.35 bits per heavy atom. The maximum absolute atomic E-state index is 13.4. The number of rotatable bonds is 7. The summed E-state index contributed by atoms with van der Waals surface area (Å²) in [5.74, 6) is -3.86. The first-order chi connectivity index (χ1) is 9.27. The van der Waals surface area contributed by atoms with Gasteiger partial charge in [-0.2, -0.15) is 0 Å². The summed E-state index contributed by atoms with van der Waals surface area (Å²) in [5.41, 5.74) is -0.605. The zero-order valence-corrected chi connectivity index (χ0v) is 12.0. The lowest BCUT2D eigenvalue weighted by atomic mass is 10.3. The quantitative estimate of drug-likeness (QED) is 0.600. The third kappa shape index (κ3) is 4.38. The number of hydrogen-bond donors (Lipinski definition) is 2. The molecule has 114 valence electrons. The number of nitrogens with one attached hydrogen (secondary N) is 2. The van der Waals surface area contributed by atoms with Crippen molar-refractivity contribution in [2.24, 2.45) is 0 Å². The van der Waals surface area contributed by atoms with E-state index in [-0.39, 0.29) is 6.54 Å². The van der Waals surface area contributed by atoms with Crippen molar-refractivity contribution < 1.29 is 21.6 Å². The van der Waals surface area contributed by atoms with Gasteiger partial charge in [0.05, 0.1) is 10.9 Å². The number of hydrogen-bond acceptors (Lipinski definition) is 3. The molecule has 0 saturated heterocycles. The predicted octanol–water partition coefficient (Wildman–Crippen LogP) is 2.23. The van der Waals surface area contributed by atoms with Gasteiger partial charge in [-0.3, -0.25) is 4.72 Å². The number of halogens is 3. The molecule has 0 bridgehead atoms. The molecule has 0 radical (unpaired) electrons. The molecule has 0 aromatic heterocycles. The fraction of sp³-hybridized carbons (Fsp3) is 0.500. The van der Waals surface area contributed by atoms with E-state index >= 15 is 0 Å². The second-order valence-corrected chi connectivity index (χ2v) is 6.51. The van der Waals surface area contributed by atoms with Gasteiger partial charge in [-0.05, 0) is 19.9 Å². The molecule has 4 nitrogen and oxygen atoms in total. The van der Waals surface area contributed by atoms with Gasteiger partial charge < -0.3 is 5.32 Å². The van der Waals surface area contributed by atoms with Gasteiger partial charge in [-0.1, -0.05) is 6.92 Å². The van der Waals surface area contributed by atoms with E-state index in [4.69, 9.17) is 0 Å². The zero-order chi connectivity index (χ0) is 15.3. The van der Waals surface area contributed by atoms with Gasteiger partial charge in [0.15, 0.2) is 11.6 Å². The Balaban J connectivity index is 2.83. The molecule has 0 spiro atoms. The lowest BCUT2D eigenvalue weighted by Gasteiger charge is -2.15. The van der Waals surface area contributed by atoms with E-state index in [1.807, 2.05) is 11.6 Å². The SMILES string of the molecule is CCCNCC(C)S(=O)(=O)Nc1cc(F)c(F)cc1F. The highest BCUT2D eigenvalue weighted by Gasteiger charge is 2.22. The second kappa shape index (κ2) is 6.94. The van der Waals surface area contributed by atoms with Crippen molar-refractivity contribution >= 4 is 15.7 Å². The third-order valence-corrected chi connectivity index (χ3v) is 4.38. The van der Waals surface area contributed by atoms with Crippen molar-refractivity contribution in [3.05, 3.63) is 29.6 Å². The van der Waals surface area contributed by atoms with Crippen molar-refractivity contribution in [1.82, 2.24) is 5.32 Å². The fourth-order valence-electron chi connectivity index (χ4n) is 1.45. The summed E-state index contributed by atoms with van der Waals surface area (Å²) in [4.78, 5) is 0. The van der Waals surface area contributed by atoms with Crippen molar-refractivity contribution in [1.29, 1.82) is 0 Å². The van der Waals surface area contributed by atoms with Crippen LogP contribution in [-0.2, 0) is 10.0 Å². The van der Waals surface area contributed by atoms with Gasteiger partial charge in [0.25, 0.3) is 0 Å². The van der Waals surface area contributed by atoms with Crippen LogP contribution in [0.25, 0.3) is 0 Å². The highest BCUT2D eigenvalue weighted by Crippen LogP contribution is 2.20. The highest BCUT2D eigenvalue weighted by molar-refractivity contribution is 7.93. The van der Waals surface area contributed by atoms with Crippen molar-refractivity contribution in [3.63, 3.8) is 0 Å². The normalized spacial score (nSPS) is 13.2. The number of benzene rings is 1. The summed E-state index contributed by atoms with van der Waals surface area (Å²) in [5, 5.41) is 2.07. The van der Waals surface area contributed by atoms with Gasteiger partial charge in [-0.25, -0.2) is 21.6 Å². The standard InChI is InChI=1S/C12H17F3N2O2S/c1-3-4-16-7-8(2)20(18,19)17-12-6-10(14)9(13)5-11(12)15/h5-6,8,16-17H,3-4,7H2,1-2H3. The van der Waals surface area contributed by atoms with Crippen LogP contribution in [-0.4, -0.2) is 26.8 Å². The molecular formula is C12H17F3N2O2S. The lowest BCUT2D eigenvalue weighted by Crippen LogP contribution is -2.35. The summed E-state index contributed by atoms with van der Waals surface area (Å²) in [6, 6.07) is 0.779. The smallest absolute Gasteiger partial charge is 0.236 e. The maximum Gasteiger partial charge on any atom is 0.236 e. The zero-order valence-electron chi connectivity index (χ0n) is 11.2. The number of sulfonamides is 1. The molecule has 1 rings (SSSR count). The summed E-state index contributed by atoms with van der Waals surface area (Å²) >= 11 is 0. The van der Waals surface area contributed by atoms with Crippen LogP contribution in [0.4, 0.5) is 18.9 Å². The van der Waals surface area contributed by atoms with Crippen LogP contribution in [0, 0.1) is 17.5 Å². The summed E-state index contributed by atoms with van der Waals surface area (Å²) in [6.45, 7) is 4.19. The van der Waals surface area contributed by atoms with Crippen LogP contribution in [0.15, 0.2) is 12.1 Å². The summed E-state index contributed by atoms with van der Waals surface area (Å²) in [6.07, 6.45) is 0.845. The fourth-order valence-corrected chi connectivity index (χ4v) is 2.45. The Morgan fingerprint density at radius 1 is 1.15 bits per heavy atom. The largest absolute Gasteiger partial charge is 0.315 e. The second-order valence-electron chi connectivity index (χ2n) is 4.41. The molecule has 0 fully saturated rings. The van der Waals surface area contributed by atoms with E-state index in [2.05, 4.69) is 5.32 Å². The molecule has 1 atom stereocenters. The predicted molar refractivity (Wildman–Crippen MR) is 71.5 cm³/mol. The number of anilines is 1. The van der Waals surface area contributed by atoms with E-state index in [0.717, 1.165) is 6.42 Å². The Bertz CT molecular complexity index is 564. The van der Waals surface area contributed by atoms with E-state index in [1.165, 1.54) is 6.92 Å². The molecule has 8 heteroatoms. The Kier molecular flexibility index (Phi) is 5.82. The molecule has 20 heavy (non-hydrogen) atoms. The van der Waals surface area contributed by atoms with E-state index < -0.39 is 38.4 Å². The topological polar surface area (TPSA) is 58.2 Å². The van der Waals surface area contributed by atoms with Crippen molar-refractivity contribution in [2.75, 3.05) is 17.8 Å². The summed E-state index contributed by atoms with van der Waals surface area (Å²) < 4.78 is 64.9. The van der Waals surface area contributed by atoms with Crippen molar-refractivity contribution in [2.45, 2.75) is 25.5 Å².